The first-order valence-corrected chi connectivity index (χ1v) is 12.7. The Morgan fingerprint density at radius 3 is 2.51 bits per heavy atom. The third-order valence-electron chi connectivity index (χ3n) is 5.41. The molecule has 35 heavy (non-hydrogen) atoms. The summed E-state index contributed by atoms with van der Waals surface area (Å²) in [5.41, 5.74) is 3.27. The van der Waals surface area contributed by atoms with Crippen molar-refractivity contribution in [1.29, 1.82) is 0 Å². The van der Waals surface area contributed by atoms with Gasteiger partial charge in [0.25, 0.3) is 5.91 Å². The molecule has 2 N–H and O–H groups in total. The van der Waals surface area contributed by atoms with Gasteiger partial charge in [-0.1, -0.05) is 67.0 Å². The van der Waals surface area contributed by atoms with Crippen LogP contribution in [0.4, 0.5) is 5.69 Å². The Morgan fingerprint density at radius 2 is 1.86 bits per heavy atom. The molecule has 1 aromatic heterocycles. The molecule has 0 saturated carbocycles. The lowest BCUT2D eigenvalue weighted by Crippen LogP contribution is -2.33. The van der Waals surface area contributed by atoms with Crippen LogP contribution in [0.3, 0.4) is 0 Å². The van der Waals surface area contributed by atoms with Crippen molar-refractivity contribution in [3.63, 3.8) is 0 Å². The normalized spacial score (nSPS) is 11.8. The number of anilines is 1. The molecule has 0 spiro atoms. The third-order valence-corrected chi connectivity index (χ3v) is 6.61. The number of benzene rings is 2. The maximum atomic E-state index is 12.9. The van der Waals surface area contributed by atoms with Crippen LogP contribution in [0.1, 0.15) is 47.2 Å². The number of nitrogens with one attached hydrogen (secondary N) is 2. The number of nitrogens with zero attached hydrogens (tertiary/aromatic N) is 3. The van der Waals surface area contributed by atoms with Gasteiger partial charge in [0.2, 0.25) is 5.91 Å². The maximum Gasteiger partial charge on any atom is 0.251 e. The monoisotopic (exact) mass is 511 g/mol. The molecule has 2 aromatic carbocycles. The number of aryl methyl sites for hydroxylation is 2. The first-order chi connectivity index (χ1) is 16.7. The van der Waals surface area contributed by atoms with Gasteiger partial charge >= 0.3 is 0 Å². The van der Waals surface area contributed by atoms with E-state index in [0.717, 1.165) is 11.1 Å². The molecule has 9 heteroatoms. The van der Waals surface area contributed by atoms with Gasteiger partial charge in [-0.25, -0.2) is 0 Å². The molecule has 2 amide bonds. The van der Waals surface area contributed by atoms with Crippen molar-refractivity contribution in [2.45, 2.75) is 45.4 Å². The number of halogens is 1. The predicted octanol–water partition coefficient (Wildman–Crippen LogP) is 5.59. The minimum Gasteiger partial charge on any atom is -0.342 e. The standard InChI is InChI=1S/C26H30ClN5O2S/c1-6-13-32-24(23(16(2)3)29-25(34)19-10-7-17(4)8-11-19)30-31-26(32)35-15-22(33)28-21-14-20(27)12-9-18(21)5/h6-12,14,16,23H,1,13,15H2,2-5H3,(H,28,33)(H,29,34)/t23-/m1/s1. The Morgan fingerprint density at radius 1 is 1.14 bits per heavy atom. The molecule has 0 bridgehead atoms. The smallest absolute Gasteiger partial charge is 0.251 e. The Hall–Kier alpha value is -3.10. The van der Waals surface area contributed by atoms with Gasteiger partial charge in [-0.2, -0.15) is 0 Å². The summed E-state index contributed by atoms with van der Waals surface area (Å²) in [6.45, 7) is 12.2. The molecule has 7 nitrogen and oxygen atoms in total. The molecule has 0 fully saturated rings. The fourth-order valence-electron chi connectivity index (χ4n) is 3.44. The summed E-state index contributed by atoms with van der Waals surface area (Å²) in [7, 11) is 0. The van der Waals surface area contributed by atoms with Crippen LogP contribution >= 0.6 is 23.4 Å². The van der Waals surface area contributed by atoms with Crippen LogP contribution in [-0.4, -0.2) is 32.3 Å². The van der Waals surface area contributed by atoms with Crippen LogP contribution in [-0.2, 0) is 11.3 Å². The van der Waals surface area contributed by atoms with E-state index < -0.39 is 0 Å². The zero-order valence-electron chi connectivity index (χ0n) is 20.3. The number of hydrogen-bond acceptors (Lipinski definition) is 5. The van der Waals surface area contributed by atoms with E-state index in [1.54, 1.807) is 30.3 Å². The number of carbonyl (C=O) groups excluding carboxylic acids is 2. The molecule has 0 saturated heterocycles. The largest absolute Gasteiger partial charge is 0.342 e. The maximum absolute atomic E-state index is 12.9. The highest BCUT2D eigenvalue weighted by Gasteiger charge is 2.26. The van der Waals surface area contributed by atoms with E-state index in [0.29, 0.717) is 33.8 Å². The average Bonchev–Trinajstić information content (AvgIpc) is 3.21. The summed E-state index contributed by atoms with van der Waals surface area (Å²) >= 11 is 7.33. The summed E-state index contributed by atoms with van der Waals surface area (Å²) in [5.74, 6) is 0.465. The molecule has 1 heterocycles. The van der Waals surface area contributed by atoms with Gasteiger partial charge in [-0.15, -0.1) is 16.8 Å². The molecule has 184 valence electrons. The Balaban J connectivity index is 1.75. The van der Waals surface area contributed by atoms with Crippen LogP contribution in [0.25, 0.3) is 0 Å². The highest BCUT2D eigenvalue weighted by molar-refractivity contribution is 7.99. The summed E-state index contributed by atoms with van der Waals surface area (Å²) in [6, 6.07) is 12.4. The number of amides is 2. The highest BCUT2D eigenvalue weighted by atomic mass is 35.5. The second-order valence-corrected chi connectivity index (χ2v) is 9.98. The molecule has 0 unspecified atom stereocenters. The minimum absolute atomic E-state index is 0.0594. The van der Waals surface area contributed by atoms with E-state index in [2.05, 4.69) is 27.4 Å². The number of allylic oxidation sites excluding steroid dienone is 1. The van der Waals surface area contributed by atoms with Crippen molar-refractivity contribution in [3.8, 4) is 0 Å². The van der Waals surface area contributed by atoms with Crippen LogP contribution in [0.2, 0.25) is 5.02 Å². The number of carbonyl (C=O) groups is 2. The molecule has 0 radical (unpaired) electrons. The van der Waals surface area contributed by atoms with E-state index in [1.807, 2.05) is 50.5 Å². The molecule has 1 atom stereocenters. The summed E-state index contributed by atoms with van der Waals surface area (Å²) in [5, 5.41) is 15.8. The molecule has 3 aromatic rings. The highest BCUT2D eigenvalue weighted by Crippen LogP contribution is 2.26. The topological polar surface area (TPSA) is 88.9 Å². The van der Waals surface area contributed by atoms with E-state index in [1.165, 1.54) is 11.8 Å². The Kier molecular flexibility index (Phi) is 9.12. The summed E-state index contributed by atoms with van der Waals surface area (Å²) in [6.07, 6.45) is 1.74. The molecule has 3 rings (SSSR count). The van der Waals surface area contributed by atoms with Crippen molar-refractivity contribution in [2.24, 2.45) is 5.92 Å². The van der Waals surface area contributed by atoms with E-state index in [9.17, 15) is 9.59 Å². The van der Waals surface area contributed by atoms with Crippen LogP contribution in [0.5, 0.6) is 0 Å². The zero-order chi connectivity index (χ0) is 25.5. The van der Waals surface area contributed by atoms with E-state index >= 15 is 0 Å². The molecular weight excluding hydrogens is 482 g/mol. The third kappa shape index (κ3) is 6.96. The van der Waals surface area contributed by atoms with Gasteiger partial charge in [0.1, 0.15) is 0 Å². The van der Waals surface area contributed by atoms with Gasteiger partial charge in [0, 0.05) is 22.8 Å². The lowest BCUT2D eigenvalue weighted by molar-refractivity contribution is -0.113. The zero-order valence-corrected chi connectivity index (χ0v) is 21.9. The van der Waals surface area contributed by atoms with Gasteiger partial charge in [0.15, 0.2) is 11.0 Å². The fraction of sp³-hybridized carbons (Fsp3) is 0.308. The van der Waals surface area contributed by atoms with Gasteiger partial charge in [-0.3, -0.25) is 9.59 Å². The first kappa shape index (κ1) is 26.5. The lowest BCUT2D eigenvalue weighted by atomic mass is 10.0. The average molecular weight is 512 g/mol. The van der Waals surface area contributed by atoms with Crippen molar-refractivity contribution in [2.75, 3.05) is 11.1 Å². The van der Waals surface area contributed by atoms with E-state index in [-0.39, 0.29) is 29.5 Å². The lowest BCUT2D eigenvalue weighted by Gasteiger charge is -2.22. The SMILES string of the molecule is C=CCn1c(SCC(=O)Nc2cc(Cl)ccc2C)nnc1[C@H](NC(=O)c1ccc(C)cc1)C(C)C. The van der Waals surface area contributed by atoms with Gasteiger partial charge in [-0.05, 0) is 49.6 Å². The molecule has 0 aliphatic heterocycles. The Bertz CT molecular complexity index is 1210. The van der Waals surface area contributed by atoms with Crippen molar-refractivity contribution in [1.82, 2.24) is 20.1 Å². The fourth-order valence-corrected chi connectivity index (χ4v) is 4.37. The van der Waals surface area contributed by atoms with Gasteiger partial charge in [0.05, 0.1) is 11.8 Å². The quantitative estimate of drug-likeness (QED) is 0.273. The predicted molar refractivity (Wildman–Crippen MR) is 142 cm³/mol. The Labute approximate surface area is 215 Å². The second-order valence-electron chi connectivity index (χ2n) is 8.60. The van der Waals surface area contributed by atoms with Crippen molar-refractivity contribution < 1.29 is 9.59 Å². The molecule has 0 aliphatic rings. The van der Waals surface area contributed by atoms with Crippen LogP contribution in [0, 0.1) is 19.8 Å². The van der Waals surface area contributed by atoms with Crippen molar-refractivity contribution in [3.05, 3.63) is 82.7 Å². The number of hydrogen-bond donors (Lipinski definition) is 2. The van der Waals surface area contributed by atoms with E-state index in [4.69, 9.17) is 11.6 Å². The first-order valence-electron chi connectivity index (χ1n) is 11.3. The number of aromatic nitrogens is 3. The minimum atomic E-state index is -0.367. The summed E-state index contributed by atoms with van der Waals surface area (Å²) in [4.78, 5) is 25.5. The van der Waals surface area contributed by atoms with Crippen LogP contribution < -0.4 is 10.6 Å². The molecule has 0 aliphatic carbocycles. The number of thioether (sulfide) groups is 1. The van der Waals surface area contributed by atoms with Crippen LogP contribution in [0.15, 0.2) is 60.3 Å². The second kappa shape index (κ2) is 12.0. The van der Waals surface area contributed by atoms with Crippen molar-refractivity contribution >= 4 is 40.9 Å². The summed E-state index contributed by atoms with van der Waals surface area (Å²) < 4.78 is 1.88. The molecular formula is C26H30ClN5O2S. The number of rotatable bonds is 10. The van der Waals surface area contributed by atoms with Gasteiger partial charge < -0.3 is 15.2 Å².